The van der Waals surface area contributed by atoms with Gasteiger partial charge in [0.1, 0.15) is 6.04 Å². The van der Waals surface area contributed by atoms with Crippen molar-refractivity contribution in [2.24, 2.45) is 5.73 Å². The topological polar surface area (TPSA) is 117 Å². The Kier molecular flexibility index (Phi) is 4.33. The zero-order valence-electron chi connectivity index (χ0n) is 10.6. The first-order valence-corrected chi connectivity index (χ1v) is 6.40. The number of hydrogen-bond acceptors (Lipinski definition) is 5. The normalized spacial score (nSPS) is 23.7. The Balaban J connectivity index is 1.78. The number of carbonyl (C=O) groups excluding carboxylic acids is 3. The van der Waals surface area contributed by atoms with E-state index in [0.717, 1.165) is 12.8 Å². The number of imide groups is 1. The fraction of sp³-hybridized carbons (Fsp3) is 0.727. The molecule has 4 amide bonds. The van der Waals surface area contributed by atoms with Crippen molar-refractivity contribution in [3.05, 3.63) is 0 Å². The predicted molar refractivity (Wildman–Crippen MR) is 67.1 cm³/mol. The van der Waals surface area contributed by atoms with E-state index in [2.05, 4.69) is 16.0 Å². The van der Waals surface area contributed by atoms with Gasteiger partial charge in [-0.15, -0.1) is 0 Å². The summed E-state index contributed by atoms with van der Waals surface area (Å²) in [7, 11) is 0. The molecule has 0 aromatic rings. The van der Waals surface area contributed by atoms with Crippen molar-refractivity contribution in [3.8, 4) is 0 Å². The molecule has 0 aromatic carbocycles. The molecule has 8 heteroatoms. The maximum absolute atomic E-state index is 11.7. The summed E-state index contributed by atoms with van der Waals surface area (Å²) < 4.78 is 0. The van der Waals surface area contributed by atoms with Crippen molar-refractivity contribution in [1.29, 1.82) is 0 Å². The average Bonchev–Trinajstić information content (AvgIpc) is 3.12. The van der Waals surface area contributed by atoms with E-state index in [0.29, 0.717) is 19.6 Å². The van der Waals surface area contributed by atoms with Gasteiger partial charge in [0.2, 0.25) is 11.8 Å². The number of hydrogen-bond donors (Lipinski definition) is 4. The van der Waals surface area contributed by atoms with Gasteiger partial charge in [-0.2, -0.15) is 0 Å². The SMILES string of the molecule is NC(=O)C1CNCCN1CC(=O)NC(=O)NC1CC1. The number of nitrogens with one attached hydrogen (secondary N) is 3. The van der Waals surface area contributed by atoms with Crippen LogP contribution in [0.4, 0.5) is 4.79 Å². The number of piperazine rings is 1. The number of nitrogens with zero attached hydrogens (tertiary/aromatic N) is 1. The molecular formula is C11H19N5O3. The Morgan fingerprint density at radius 1 is 1.32 bits per heavy atom. The number of primary amides is 1. The van der Waals surface area contributed by atoms with Crippen LogP contribution in [0.5, 0.6) is 0 Å². The van der Waals surface area contributed by atoms with Crippen molar-refractivity contribution in [3.63, 3.8) is 0 Å². The molecule has 19 heavy (non-hydrogen) atoms. The van der Waals surface area contributed by atoms with Gasteiger partial charge in [0, 0.05) is 25.7 Å². The number of nitrogens with two attached hydrogens (primary N) is 1. The lowest BCUT2D eigenvalue weighted by molar-refractivity contribution is -0.127. The van der Waals surface area contributed by atoms with E-state index in [1.54, 1.807) is 4.90 Å². The lowest BCUT2D eigenvalue weighted by Crippen LogP contribution is -2.59. The first-order valence-electron chi connectivity index (χ1n) is 6.40. The number of urea groups is 1. The largest absolute Gasteiger partial charge is 0.368 e. The van der Waals surface area contributed by atoms with E-state index in [9.17, 15) is 14.4 Å². The Hall–Kier alpha value is -1.67. The summed E-state index contributed by atoms with van der Waals surface area (Å²) in [5.74, 6) is -0.895. The molecule has 0 spiro atoms. The highest BCUT2D eigenvalue weighted by Gasteiger charge is 2.29. The maximum atomic E-state index is 11.7. The monoisotopic (exact) mass is 269 g/mol. The van der Waals surface area contributed by atoms with E-state index in [1.165, 1.54) is 0 Å². The van der Waals surface area contributed by atoms with Gasteiger partial charge in [-0.25, -0.2) is 4.79 Å². The van der Waals surface area contributed by atoms with E-state index in [1.807, 2.05) is 0 Å². The maximum Gasteiger partial charge on any atom is 0.321 e. The fourth-order valence-electron chi connectivity index (χ4n) is 2.02. The van der Waals surface area contributed by atoms with Gasteiger partial charge >= 0.3 is 6.03 Å². The standard InChI is InChI=1S/C11H19N5O3/c12-10(18)8-5-13-3-4-16(8)6-9(17)15-11(19)14-7-1-2-7/h7-8,13H,1-6H2,(H2,12,18)(H2,14,15,17,19). The molecule has 1 atom stereocenters. The fourth-order valence-corrected chi connectivity index (χ4v) is 2.02. The molecule has 2 fully saturated rings. The van der Waals surface area contributed by atoms with Crippen LogP contribution < -0.4 is 21.7 Å². The number of rotatable bonds is 4. The van der Waals surface area contributed by atoms with Crippen LogP contribution in [0.1, 0.15) is 12.8 Å². The molecule has 5 N–H and O–H groups in total. The molecule has 106 valence electrons. The molecule has 1 aliphatic heterocycles. The quantitative estimate of drug-likeness (QED) is 0.459. The minimum Gasteiger partial charge on any atom is -0.368 e. The highest BCUT2D eigenvalue weighted by Crippen LogP contribution is 2.18. The minimum atomic E-state index is -0.508. The minimum absolute atomic E-state index is 0.00657. The molecule has 2 aliphatic rings. The third-order valence-electron chi connectivity index (χ3n) is 3.19. The highest BCUT2D eigenvalue weighted by atomic mass is 16.2. The molecule has 1 saturated heterocycles. The summed E-state index contributed by atoms with van der Waals surface area (Å²) in [6.45, 7) is 1.65. The Morgan fingerprint density at radius 3 is 2.68 bits per heavy atom. The second kappa shape index (κ2) is 5.98. The lowest BCUT2D eigenvalue weighted by Gasteiger charge is -2.33. The van der Waals surface area contributed by atoms with Crippen LogP contribution in [0, 0.1) is 0 Å². The van der Waals surface area contributed by atoms with Gasteiger partial charge in [-0.1, -0.05) is 0 Å². The number of carbonyl (C=O) groups is 3. The average molecular weight is 269 g/mol. The van der Waals surface area contributed by atoms with E-state index in [4.69, 9.17) is 5.73 Å². The summed E-state index contributed by atoms with van der Waals surface area (Å²) in [6, 6.07) is -0.783. The zero-order chi connectivity index (χ0) is 13.8. The Morgan fingerprint density at radius 2 is 2.05 bits per heavy atom. The van der Waals surface area contributed by atoms with Crippen LogP contribution in [0.2, 0.25) is 0 Å². The Bertz CT molecular complexity index is 383. The van der Waals surface area contributed by atoms with Gasteiger partial charge in [-0.05, 0) is 12.8 Å². The summed E-state index contributed by atoms with van der Waals surface area (Å²) in [4.78, 5) is 36.0. The highest BCUT2D eigenvalue weighted by molar-refractivity contribution is 5.95. The van der Waals surface area contributed by atoms with E-state index < -0.39 is 23.9 Å². The third-order valence-corrected chi connectivity index (χ3v) is 3.19. The van der Waals surface area contributed by atoms with Crippen molar-refractivity contribution < 1.29 is 14.4 Å². The van der Waals surface area contributed by atoms with Crippen molar-refractivity contribution in [2.75, 3.05) is 26.2 Å². The summed E-state index contributed by atoms with van der Waals surface area (Å²) in [5, 5.41) is 7.96. The molecule has 1 aliphatic carbocycles. The Labute approximate surface area is 111 Å². The molecule has 0 aromatic heterocycles. The predicted octanol–water partition coefficient (Wildman–Crippen LogP) is -2.27. The first kappa shape index (κ1) is 13.8. The van der Waals surface area contributed by atoms with Crippen LogP contribution in [0.15, 0.2) is 0 Å². The van der Waals surface area contributed by atoms with Crippen molar-refractivity contribution >= 4 is 17.8 Å². The molecular weight excluding hydrogens is 250 g/mol. The number of amides is 4. The van der Waals surface area contributed by atoms with E-state index >= 15 is 0 Å². The first-order chi connectivity index (χ1) is 9.06. The van der Waals surface area contributed by atoms with Crippen molar-refractivity contribution in [1.82, 2.24) is 20.9 Å². The lowest BCUT2D eigenvalue weighted by atomic mass is 10.2. The molecule has 2 rings (SSSR count). The van der Waals surface area contributed by atoms with Crippen LogP contribution in [0.3, 0.4) is 0 Å². The summed E-state index contributed by atoms with van der Waals surface area (Å²) >= 11 is 0. The molecule has 0 bridgehead atoms. The molecule has 1 unspecified atom stereocenters. The van der Waals surface area contributed by atoms with Crippen LogP contribution in [-0.2, 0) is 9.59 Å². The van der Waals surface area contributed by atoms with Gasteiger partial charge in [0.25, 0.3) is 0 Å². The second-order valence-electron chi connectivity index (χ2n) is 4.89. The van der Waals surface area contributed by atoms with E-state index in [-0.39, 0.29) is 12.6 Å². The molecule has 8 nitrogen and oxygen atoms in total. The molecule has 0 radical (unpaired) electrons. The van der Waals surface area contributed by atoms with Gasteiger partial charge < -0.3 is 16.4 Å². The third kappa shape index (κ3) is 4.18. The summed E-state index contributed by atoms with van der Waals surface area (Å²) in [5.41, 5.74) is 5.28. The smallest absolute Gasteiger partial charge is 0.321 e. The van der Waals surface area contributed by atoms with Gasteiger partial charge in [0.15, 0.2) is 0 Å². The summed E-state index contributed by atoms with van der Waals surface area (Å²) in [6.07, 6.45) is 1.92. The van der Waals surface area contributed by atoms with Crippen LogP contribution in [0.25, 0.3) is 0 Å². The van der Waals surface area contributed by atoms with Crippen molar-refractivity contribution in [2.45, 2.75) is 24.9 Å². The van der Waals surface area contributed by atoms with Crippen LogP contribution >= 0.6 is 0 Å². The zero-order valence-corrected chi connectivity index (χ0v) is 10.6. The van der Waals surface area contributed by atoms with Gasteiger partial charge in [0.05, 0.1) is 6.54 Å². The molecule has 1 saturated carbocycles. The molecule has 1 heterocycles. The second-order valence-corrected chi connectivity index (χ2v) is 4.89. The van der Waals surface area contributed by atoms with Crippen LogP contribution in [-0.4, -0.2) is 61.0 Å². The van der Waals surface area contributed by atoms with Gasteiger partial charge in [-0.3, -0.25) is 19.8 Å².